The fraction of sp³-hybridized carbons (Fsp3) is 0.333. The van der Waals surface area contributed by atoms with Crippen molar-refractivity contribution in [1.29, 1.82) is 0 Å². The van der Waals surface area contributed by atoms with Crippen molar-refractivity contribution in [2.24, 2.45) is 0 Å². The van der Waals surface area contributed by atoms with Gasteiger partial charge in [0.15, 0.2) is 11.0 Å². The Kier molecular flexibility index (Phi) is 6.21. The molecular formula is C21H23N5O2S. The molecule has 2 aromatic carbocycles. The van der Waals surface area contributed by atoms with E-state index in [1.165, 1.54) is 31.0 Å². The minimum Gasteiger partial charge on any atom is -0.296 e. The van der Waals surface area contributed by atoms with Crippen LogP contribution in [0.25, 0.3) is 5.69 Å². The number of benzene rings is 2. The average Bonchev–Trinajstić information content (AvgIpc) is 3.16. The van der Waals surface area contributed by atoms with E-state index in [-0.39, 0.29) is 10.6 Å². The standard InChI is InChI=1S/C21H23N5O2S/c27-26(28)19-12-6-5-9-17(19)16-29-21-23-22-20(15-24-13-7-2-8-14-24)25(21)18-10-3-1-4-11-18/h1,3-6,9-12H,2,7-8,13-16H2. The number of rotatable bonds is 7. The van der Waals surface area contributed by atoms with Gasteiger partial charge in [-0.3, -0.25) is 19.6 Å². The summed E-state index contributed by atoms with van der Waals surface area (Å²) in [5.41, 5.74) is 1.83. The van der Waals surface area contributed by atoms with E-state index in [1.807, 2.05) is 36.4 Å². The van der Waals surface area contributed by atoms with Gasteiger partial charge in [0.1, 0.15) is 0 Å². The molecule has 0 aliphatic carbocycles. The third kappa shape index (κ3) is 4.65. The predicted molar refractivity (Wildman–Crippen MR) is 113 cm³/mol. The molecule has 0 unspecified atom stereocenters. The molecule has 29 heavy (non-hydrogen) atoms. The first-order valence-corrected chi connectivity index (χ1v) is 10.8. The first kappa shape index (κ1) is 19.6. The van der Waals surface area contributed by atoms with Gasteiger partial charge in [-0.25, -0.2) is 0 Å². The summed E-state index contributed by atoms with van der Waals surface area (Å²) in [5, 5.41) is 21.0. The molecular weight excluding hydrogens is 386 g/mol. The molecule has 1 aliphatic heterocycles. The summed E-state index contributed by atoms with van der Waals surface area (Å²) in [6.45, 7) is 2.93. The lowest BCUT2D eigenvalue weighted by molar-refractivity contribution is -0.385. The Morgan fingerprint density at radius 1 is 0.966 bits per heavy atom. The largest absolute Gasteiger partial charge is 0.296 e. The highest BCUT2D eigenvalue weighted by Gasteiger charge is 2.20. The summed E-state index contributed by atoms with van der Waals surface area (Å²) in [7, 11) is 0. The Labute approximate surface area is 173 Å². The van der Waals surface area contributed by atoms with Crippen LogP contribution in [0.3, 0.4) is 0 Å². The van der Waals surface area contributed by atoms with Crippen LogP contribution >= 0.6 is 11.8 Å². The van der Waals surface area contributed by atoms with E-state index in [0.717, 1.165) is 36.3 Å². The Bertz CT molecular complexity index is 970. The molecule has 1 aliphatic rings. The van der Waals surface area contributed by atoms with Gasteiger partial charge in [0.2, 0.25) is 0 Å². The predicted octanol–water partition coefficient (Wildman–Crippen LogP) is 4.45. The molecule has 0 atom stereocenters. The number of aromatic nitrogens is 3. The highest BCUT2D eigenvalue weighted by molar-refractivity contribution is 7.98. The first-order valence-electron chi connectivity index (χ1n) is 9.79. The summed E-state index contributed by atoms with van der Waals surface area (Å²) in [4.78, 5) is 13.4. The lowest BCUT2D eigenvalue weighted by Crippen LogP contribution is -2.30. The summed E-state index contributed by atoms with van der Waals surface area (Å²) < 4.78 is 2.08. The molecule has 0 bridgehead atoms. The van der Waals surface area contributed by atoms with Gasteiger partial charge in [-0.2, -0.15) is 0 Å². The average molecular weight is 410 g/mol. The van der Waals surface area contributed by atoms with Crippen LogP contribution in [0.4, 0.5) is 5.69 Å². The highest BCUT2D eigenvalue weighted by atomic mass is 32.2. The second-order valence-electron chi connectivity index (χ2n) is 7.08. The molecule has 4 rings (SSSR count). The van der Waals surface area contributed by atoms with Crippen molar-refractivity contribution in [2.45, 2.75) is 36.7 Å². The van der Waals surface area contributed by atoms with Crippen LogP contribution in [0.15, 0.2) is 59.8 Å². The van der Waals surface area contributed by atoms with Crippen LogP contribution in [-0.4, -0.2) is 37.7 Å². The normalized spacial score (nSPS) is 14.8. The second kappa shape index (κ2) is 9.19. The van der Waals surface area contributed by atoms with Gasteiger partial charge < -0.3 is 0 Å². The zero-order valence-electron chi connectivity index (χ0n) is 16.1. The fourth-order valence-corrected chi connectivity index (χ4v) is 4.57. The molecule has 0 radical (unpaired) electrons. The number of hydrogen-bond acceptors (Lipinski definition) is 6. The van der Waals surface area contributed by atoms with Gasteiger partial charge in [-0.15, -0.1) is 10.2 Å². The van der Waals surface area contributed by atoms with Crippen molar-refractivity contribution in [3.8, 4) is 5.69 Å². The molecule has 0 saturated carbocycles. The van der Waals surface area contributed by atoms with Crippen LogP contribution in [-0.2, 0) is 12.3 Å². The quantitative estimate of drug-likeness (QED) is 0.326. The fourth-order valence-electron chi connectivity index (χ4n) is 3.60. The van der Waals surface area contributed by atoms with Crippen LogP contribution in [0.2, 0.25) is 0 Å². The number of piperidine rings is 1. The third-order valence-electron chi connectivity index (χ3n) is 5.07. The number of nitrogens with zero attached hydrogens (tertiary/aromatic N) is 5. The second-order valence-corrected chi connectivity index (χ2v) is 8.02. The number of nitro groups is 1. The molecule has 3 aromatic rings. The van der Waals surface area contributed by atoms with Crippen molar-refractivity contribution < 1.29 is 4.92 Å². The van der Waals surface area contributed by atoms with E-state index in [9.17, 15) is 10.1 Å². The minimum absolute atomic E-state index is 0.138. The van der Waals surface area contributed by atoms with Crippen LogP contribution in [0.1, 0.15) is 30.7 Å². The van der Waals surface area contributed by atoms with Crippen molar-refractivity contribution >= 4 is 17.4 Å². The van der Waals surface area contributed by atoms with Crippen LogP contribution in [0.5, 0.6) is 0 Å². The molecule has 0 N–H and O–H groups in total. The van der Waals surface area contributed by atoms with Crippen molar-refractivity contribution in [3.63, 3.8) is 0 Å². The Balaban J connectivity index is 1.60. The molecule has 2 heterocycles. The number of hydrogen-bond donors (Lipinski definition) is 0. The van der Waals surface area contributed by atoms with Gasteiger partial charge in [-0.1, -0.05) is 54.6 Å². The van der Waals surface area contributed by atoms with E-state index in [0.29, 0.717) is 11.3 Å². The Hall–Kier alpha value is -2.71. The van der Waals surface area contributed by atoms with Gasteiger partial charge in [0.25, 0.3) is 5.69 Å². The van der Waals surface area contributed by atoms with Crippen LogP contribution < -0.4 is 0 Å². The van der Waals surface area contributed by atoms with E-state index >= 15 is 0 Å². The molecule has 8 heteroatoms. The van der Waals surface area contributed by atoms with Gasteiger partial charge in [0.05, 0.1) is 11.5 Å². The monoisotopic (exact) mass is 409 g/mol. The zero-order valence-corrected chi connectivity index (χ0v) is 16.9. The minimum atomic E-state index is -0.334. The molecule has 1 fully saturated rings. The van der Waals surface area contributed by atoms with Gasteiger partial charge >= 0.3 is 0 Å². The number of thioether (sulfide) groups is 1. The maximum absolute atomic E-state index is 11.3. The third-order valence-corrected chi connectivity index (χ3v) is 6.05. The summed E-state index contributed by atoms with van der Waals surface area (Å²) in [6, 6.07) is 16.9. The van der Waals surface area contributed by atoms with Crippen LogP contribution in [0, 0.1) is 10.1 Å². The SMILES string of the molecule is O=[N+]([O-])c1ccccc1CSc1nnc(CN2CCCCC2)n1-c1ccccc1. The molecule has 0 amide bonds. The Morgan fingerprint density at radius 3 is 2.45 bits per heavy atom. The molecule has 0 spiro atoms. The zero-order chi connectivity index (χ0) is 20.1. The molecule has 7 nitrogen and oxygen atoms in total. The van der Waals surface area contributed by atoms with Crippen molar-refractivity contribution in [3.05, 3.63) is 76.1 Å². The molecule has 150 valence electrons. The van der Waals surface area contributed by atoms with Crippen molar-refractivity contribution in [2.75, 3.05) is 13.1 Å². The lowest BCUT2D eigenvalue weighted by Gasteiger charge is -2.26. The Morgan fingerprint density at radius 2 is 1.69 bits per heavy atom. The van der Waals surface area contributed by atoms with E-state index < -0.39 is 0 Å². The number of likely N-dealkylation sites (tertiary alicyclic amines) is 1. The summed E-state index contributed by atoms with van der Waals surface area (Å²) >= 11 is 1.48. The highest BCUT2D eigenvalue weighted by Crippen LogP contribution is 2.29. The smallest absolute Gasteiger partial charge is 0.273 e. The van der Waals surface area contributed by atoms with E-state index in [2.05, 4.69) is 19.7 Å². The number of nitro benzene ring substituents is 1. The van der Waals surface area contributed by atoms with E-state index in [1.54, 1.807) is 18.2 Å². The molecule has 1 saturated heterocycles. The topological polar surface area (TPSA) is 77.1 Å². The maximum Gasteiger partial charge on any atom is 0.273 e. The number of para-hydroxylation sites is 2. The maximum atomic E-state index is 11.3. The van der Waals surface area contributed by atoms with Gasteiger partial charge in [-0.05, 0) is 38.1 Å². The van der Waals surface area contributed by atoms with E-state index in [4.69, 9.17) is 0 Å². The summed E-state index contributed by atoms with van der Waals surface area (Å²) in [5.74, 6) is 1.37. The van der Waals surface area contributed by atoms with Gasteiger partial charge in [0, 0.05) is 23.1 Å². The van der Waals surface area contributed by atoms with Crippen molar-refractivity contribution in [1.82, 2.24) is 19.7 Å². The molecule has 1 aromatic heterocycles. The summed E-state index contributed by atoms with van der Waals surface area (Å²) in [6.07, 6.45) is 3.73. The first-order chi connectivity index (χ1) is 14.2. The lowest BCUT2D eigenvalue weighted by atomic mass is 10.1.